The Kier molecular flexibility index (Phi) is 4.50. The van der Waals surface area contributed by atoms with Crippen LogP contribution in [0.1, 0.15) is 49.2 Å². The third kappa shape index (κ3) is 3.31. The molecule has 2 aliphatic rings. The lowest BCUT2D eigenvalue weighted by molar-refractivity contribution is 0.0765. The Labute approximate surface area is 135 Å². The van der Waals surface area contributed by atoms with Crippen molar-refractivity contribution in [2.45, 2.75) is 39.7 Å². The minimum Gasteiger partial charge on any atom is -0.337 e. The topological polar surface area (TPSA) is 38.1 Å². The highest BCUT2D eigenvalue weighted by Gasteiger charge is 2.37. The quantitative estimate of drug-likeness (QED) is 0.795. The Morgan fingerprint density at radius 3 is 2.39 bits per heavy atom. The molecular weight excluding hydrogens is 300 g/mol. The molecule has 1 saturated heterocycles. The number of nitrogens with zero attached hydrogens (tertiary/aromatic N) is 3. The Hall–Kier alpha value is -1.72. The van der Waals surface area contributed by atoms with Gasteiger partial charge in [0.2, 0.25) is 0 Å². The van der Waals surface area contributed by atoms with Crippen LogP contribution < -0.4 is 0 Å². The SMILES string of the molecule is CC(C)Cn1cc(C(F)F)c(C(=O)N2C[C@@H]3CC=CC[C@H]3C2)n1. The number of carbonyl (C=O) groups excluding carboxylic acids is 1. The van der Waals surface area contributed by atoms with Crippen molar-refractivity contribution in [3.05, 3.63) is 29.6 Å². The molecule has 0 N–H and O–H groups in total. The van der Waals surface area contributed by atoms with Crippen molar-refractivity contribution in [1.82, 2.24) is 14.7 Å². The van der Waals surface area contributed by atoms with Crippen LogP contribution in [0.25, 0.3) is 0 Å². The first-order valence-corrected chi connectivity index (χ1v) is 8.25. The number of aromatic nitrogens is 2. The van der Waals surface area contributed by atoms with Gasteiger partial charge in [-0.2, -0.15) is 5.10 Å². The van der Waals surface area contributed by atoms with Crippen molar-refractivity contribution in [1.29, 1.82) is 0 Å². The molecule has 23 heavy (non-hydrogen) atoms. The standard InChI is InChI=1S/C17H23F2N3O/c1-11(2)7-22-10-14(16(18)19)15(20-22)17(23)21-8-12-5-3-4-6-13(12)9-21/h3-4,10-13,16H,5-9H2,1-2H3/t12-,13-/m0/s1. The monoisotopic (exact) mass is 323 g/mol. The second-order valence-electron chi connectivity index (χ2n) is 7.02. The third-order valence-electron chi connectivity index (χ3n) is 4.69. The van der Waals surface area contributed by atoms with E-state index in [1.54, 1.807) is 4.90 Å². The molecule has 0 bridgehead atoms. The van der Waals surface area contributed by atoms with Gasteiger partial charge in [-0.15, -0.1) is 0 Å². The molecule has 0 unspecified atom stereocenters. The van der Waals surface area contributed by atoms with Gasteiger partial charge >= 0.3 is 0 Å². The van der Waals surface area contributed by atoms with E-state index in [0.717, 1.165) is 12.8 Å². The Bertz CT molecular complexity index is 593. The fourth-order valence-electron chi connectivity index (χ4n) is 3.56. The second kappa shape index (κ2) is 6.42. The highest BCUT2D eigenvalue weighted by atomic mass is 19.3. The van der Waals surface area contributed by atoms with Gasteiger partial charge in [-0.25, -0.2) is 8.78 Å². The molecule has 126 valence electrons. The lowest BCUT2D eigenvalue weighted by Gasteiger charge is -2.17. The molecule has 1 amide bonds. The van der Waals surface area contributed by atoms with E-state index in [-0.39, 0.29) is 23.1 Å². The fourth-order valence-corrected chi connectivity index (χ4v) is 3.56. The van der Waals surface area contributed by atoms with Crippen LogP contribution in [0.5, 0.6) is 0 Å². The first-order valence-electron chi connectivity index (χ1n) is 8.25. The summed E-state index contributed by atoms with van der Waals surface area (Å²) < 4.78 is 28.1. The van der Waals surface area contributed by atoms with E-state index in [1.807, 2.05) is 13.8 Å². The van der Waals surface area contributed by atoms with Gasteiger partial charge in [0.15, 0.2) is 5.69 Å². The zero-order valence-corrected chi connectivity index (χ0v) is 13.6. The molecule has 0 saturated carbocycles. The maximum Gasteiger partial charge on any atom is 0.274 e. The van der Waals surface area contributed by atoms with Crippen LogP contribution in [0.4, 0.5) is 8.78 Å². The Morgan fingerprint density at radius 2 is 1.87 bits per heavy atom. The van der Waals surface area contributed by atoms with E-state index in [4.69, 9.17) is 0 Å². The summed E-state index contributed by atoms with van der Waals surface area (Å²) >= 11 is 0. The number of amides is 1. The first-order chi connectivity index (χ1) is 11.0. The maximum absolute atomic E-state index is 13.3. The fraction of sp³-hybridized carbons (Fsp3) is 0.647. The smallest absolute Gasteiger partial charge is 0.274 e. The number of rotatable bonds is 4. The van der Waals surface area contributed by atoms with Crippen LogP contribution in [0.2, 0.25) is 0 Å². The number of hydrogen-bond acceptors (Lipinski definition) is 2. The molecule has 1 aromatic rings. The number of allylic oxidation sites excluding steroid dienone is 2. The van der Waals surface area contributed by atoms with Crippen LogP contribution in [-0.2, 0) is 6.54 Å². The molecule has 0 radical (unpaired) electrons. The molecule has 1 aliphatic carbocycles. The van der Waals surface area contributed by atoms with Gasteiger partial charge in [-0.1, -0.05) is 26.0 Å². The number of halogens is 2. The summed E-state index contributed by atoms with van der Waals surface area (Å²) in [7, 11) is 0. The third-order valence-corrected chi connectivity index (χ3v) is 4.69. The minimum absolute atomic E-state index is 0.0766. The molecule has 6 heteroatoms. The van der Waals surface area contributed by atoms with Gasteiger partial charge in [0.05, 0.1) is 5.56 Å². The van der Waals surface area contributed by atoms with Crippen molar-refractivity contribution >= 4 is 5.91 Å². The summed E-state index contributed by atoms with van der Waals surface area (Å²) in [6, 6.07) is 0. The summed E-state index contributed by atoms with van der Waals surface area (Å²) in [6.45, 7) is 5.80. The lowest BCUT2D eigenvalue weighted by atomic mass is 9.86. The van der Waals surface area contributed by atoms with E-state index >= 15 is 0 Å². The van der Waals surface area contributed by atoms with Crippen LogP contribution in [-0.4, -0.2) is 33.7 Å². The van der Waals surface area contributed by atoms with Crippen molar-refractivity contribution in [2.24, 2.45) is 17.8 Å². The highest BCUT2D eigenvalue weighted by molar-refractivity contribution is 5.94. The molecule has 3 rings (SSSR count). The van der Waals surface area contributed by atoms with E-state index in [9.17, 15) is 13.6 Å². The van der Waals surface area contributed by atoms with E-state index < -0.39 is 6.43 Å². The summed E-state index contributed by atoms with van der Waals surface area (Å²) in [4.78, 5) is 14.4. The predicted molar refractivity (Wildman–Crippen MR) is 83.3 cm³/mol. The molecule has 0 spiro atoms. The first kappa shape index (κ1) is 16.1. The van der Waals surface area contributed by atoms with Crippen LogP contribution >= 0.6 is 0 Å². The molecule has 1 aromatic heterocycles. The summed E-state index contributed by atoms with van der Waals surface area (Å²) in [5.74, 6) is 0.842. The number of hydrogen-bond donors (Lipinski definition) is 0. The van der Waals surface area contributed by atoms with Crippen molar-refractivity contribution in [3.63, 3.8) is 0 Å². The van der Waals surface area contributed by atoms with Gasteiger partial charge in [-0.05, 0) is 30.6 Å². The van der Waals surface area contributed by atoms with Gasteiger partial charge < -0.3 is 4.90 Å². The normalized spacial score (nSPS) is 23.8. The van der Waals surface area contributed by atoms with E-state index in [1.165, 1.54) is 10.9 Å². The van der Waals surface area contributed by atoms with Crippen LogP contribution in [0.3, 0.4) is 0 Å². The predicted octanol–water partition coefficient (Wildman–Crippen LogP) is 3.51. The number of carbonyl (C=O) groups is 1. The average molecular weight is 323 g/mol. The largest absolute Gasteiger partial charge is 0.337 e. The second-order valence-corrected chi connectivity index (χ2v) is 7.02. The number of alkyl halides is 2. The highest BCUT2D eigenvalue weighted by Crippen LogP contribution is 2.34. The van der Waals surface area contributed by atoms with Crippen LogP contribution in [0.15, 0.2) is 18.3 Å². The van der Waals surface area contributed by atoms with E-state index in [0.29, 0.717) is 31.5 Å². The lowest BCUT2D eigenvalue weighted by Crippen LogP contribution is -2.30. The van der Waals surface area contributed by atoms with Gasteiger partial charge in [0.1, 0.15) is 0 Å². The van der Waals surface area contributed by atoms with Gasteiger partial charge in [0.25, 0.3) is 12.3 Å². The molecule has 1 aliphatic heterocycles. The van der Waals surface area contributed by atoms with E-state index in [2.05, 4.69) is 17.3 Å². The molecular formula is C17H23F2N3O. The summed E-state index contributed by atoms with van der Waals surface area (Å²) in [6.07, 6.45) is 4.88. The van der Waals surface area contributed by atoms with Crippen molar-refractivity contribution in [2.75, 3.05) is 13.1 Å². The van der Waals surface area contributed by atoms with Crippen LogP contribution in [0, 0.1) is 17.8 Å². The molecule has 4 nitrogen and oxygen atoms in total. The zero-order chi connectivity index (χ0) is 16.6. The molecule has 2 atom stereocenters. The minimum atomic E-state index is -2.68. The number of fused-ring (bicyclic) bond motifs is 1. The summed E-state index contributed by atoms with van der Waals surface area (Å²) in [5.41, 5.74) is -0.323. The molecule has 0 aromatic carbocycles. The zero-order valence-electron chi connectivity index (χ0n) is 13.6. The number of likely N-dealkylation sites (tertiary alicyclic amines) is 1. The maximum atomic E-state index is 13.3. The van der Waals surface area contributed by atoms with Crippen molar-refractivity contribution in [3.8, 4) is 0 Å². The Balaban J connectivity index is 1.80. The Morgan fingerprint density at radius 1 is 1.26 bits per heavy atom. The molecule has 2 heterocycles. The summed E-state index contributed by atoms with van der Waals surface area (Å²) in [5, 5.41) is 4.16. The van der Waals surface area contributed by atoms with Crippen molar-refractivity contribution < 1.29 is 13.6 Å². The van der Waals surface area contributed by atoms with Gasteiger partial charge in [0, 0.05) is 25.8 Å². The average Bonchev–Trinajstić information content (AvgIpc) is 3.09. The molecule has 1 fully saturated rings. The van der Waals surface area contributed by atoms with Gasteiger partial charge in [-0.3, -0.25) is 9.48 Å².